The second-order valence-corrected chi connectivity index (χ2v) is 19.4. The maximum absolute atomic E-state index is 12.4. The molecule has 0 rings (SSSR count). The maximum Gasteiger partial charge on any atom is 0.220 e. The summed E-state index contributed by atoms with van der Waals surface area (Å²) < 4.78 is 0. The topological polar surface area (TPSA) is 69.6 Å². The van der Waals surface area contributed by atoms with Crippen molar-refractivity contribution in [3.05, 3.63) is 0 Å². The number of aliphatic hydroxyl groups is 2. The van der Waals surface area contributed by atoms with Crippen LogP contribution in [-0.2, 0) is 4.79 Å². The van der Waals surface area contributed by atoms with Crippen LogP contribution in [0.15, 0.2) is 0 Å². The summed E-state index contributed by atoms with van der Waals surface area (Å²) in [7, 11) is 0. The van der Waals surface area contributed by atoms with E-state index in [0.717, 1.165) is 25.7 Å². The quantitative estimate of drug-likeness (QED) is 0.0535. The number of carbonyl (C=O) groups excluding carboxylic acids is 1. The van der Waals surface area contributed by atoms with Gasteiger partial charge in [0.25, 0.3) is 0 Å². The van der Waals surface area contributed by atoms with Gasteiger partial charge >= 0.3 is 0 Å². The number of carbonyl (C=O) groups is 1. The van der Waals surface area contributed by atoms with E-state index < -0.39 is 12.1 Å². The molecule has 0 aliphatic heterocycles. The summed E-state index contributed by atoms with van der Waals surface area (Å²) in [6.07, 6.45) is 65.7. The molecule has 0 spiro atoms. The Kier molecular flexibility index (Phi) is 51.2. The second-order valence-electron chi connectivity index (χ2n) is 19.4. The van der Waals surface area contributed by atoms with Crippen LogP contribution in [-0.4, -0.2) is 34.9 Å². The molecule has 0 aromatic carbocycles. The van der Waals surface area contributed by atoms with E-state index in [1.165, 1.54) is 276 Å². The zero-order valence-electron chi connectivity index (χ0n) is 40.8. The fourth-order valence-corrected chi connectivity index (χ4v) is 9.13. The number of unbranched alkanes of at least 4 members (excludes halogenated alkanes) is 45. The third-order valence-electron chi connectivity index (χ3n) is 13.4. The van der Waals surface area contributed by atoms with Crippen LogP contribution >= 0.6 is 0 Å². The first-order valence-corrected chi connectivity index (χ1v) is 27.7. The first-order valence-electron chi connectivity index (χ1n) is 27.7. The minimum atomic E-state index is -0.651. The van der Waals surface area contributed by atoms with Crippen molar-refractivity contribution in [1.29, 1.82) is 0 Å². The van der Waals surface area contributed by atoms with E-state index in [4.69, 9.17) is 0 Å². The van der Waals surface area contributed by atoms with Crippen LogP contribution in [0.3, 0.4) is 0 Å². The van der Waals surface area contributed by atoms with E-state index in [9.17, 15) is 15.0 Å². The van der Waals surface area contributed by atoms with Crippen molar-refractivity contribution in [2.24, 2.45) is 0 Å². The lowest BCUT2D eigenvalue weighted by atomic mass is 10.0. The van der Waals surface area contributed by atoms with Gasteiger partial charge in [-0.25, -0.2) is 0 Å². The molecule has 0 bridgehead atoms. The van der Waals surface area contributed by atoms with Gasteiger partial charge in [-0.05, 0) is 12.8 Å². The molecule has 59 heavy (non-hydrogen) atoms. The summed E-state index contributed by atoms with van der Waals surface area (Å²) in [5, 5.41) is 23.0. The number of rotatable bonds is 52. The Balaban J connectivity index is 3.25. The van der Waals surface area contributed by atoms with Gasteiger partial charge in [0.1, 0.15) is 0 Å². The molecular weight excluding hydrogens is 723 g/mol. The normalized spacial score (nSPS) is 12.7. The third kappa shape index (κ3) is 48.3. The van der Waals surface area contributed by atoms with Crippen molar-refractivity contribution >= 4 is 5.91 Å². The lowest BCUT2D eigenvalue weighted by Gasteiger charge is -2.22. The molecule has 0 heterocycles. The van der Waals surface area contributed by atoms with Gasteiger partial charge in [0.2, 0.25) is 5.91 Å². The van der Waals surface area contributed by atoms with Crippen molar-refractivity contribution in [3.8, 4) is 0 Å². The number of hydrogen-bond donors (Lipinski definition) is 3. The van der Waals surface area contributed by atoms with Crippen LogP contribution in [0, 0.1) is 0 Å². The number of amides is 1. The van der Waals surface area contributed by atoms with Crippen molar-refractivity contribution in [2.75, 3.05) is 6.61 Å². The fourth-order valence-electron chi connectivity index (χ4n) is 9.13. The van der Waals surface area contributed by atoms with Gasteiger partial charge < -0.3 is 15.5 Å². The molecule has 0 aromatic heterocycles. The second kappa shape index (κ2) is 51.7. The number of hydrogen-bond acceptors (Lipinski definition) is 3. The smallest absolute Gasteiger partial charge is 0.220 e. The highest BCUT2D eigenvalue weighted by Gasteiger charge is 2.20. The van der Waals surface area contributed by atoms with Crippen molar-refractivity contribution in [1.82, 2.24) is 5.32 Å². The van der Waals surface area contributed by atoms with Gasteiger partial charge in [0.15, 0.2) is 0 Å². The molecule has 4 nitrogen and oxygen atoms in total. The predicted molar refractivity (Wildman–Crippen MR) is 263 cm³/mol. The Morgan fingerprint density at radius 3 is 0.763 bits per heavy atom. The average Bonchev–Trinajstić information content (AvgIpc) is 3.24. The summed E-state index contributed by atoms with van der Waals surface area (Å²) in [5.41, 5.74) is 0. The van der Waals surface area contributed by atoms with Crippen molar-refractivity contribution in [2.45, 2.75) is 341 Å². The standard InChI is InChI=1S/C55H111NO3/c1-3-5-7-9-11-12-13-14-15-16-17-18-19-20-21-22-23-24-25-26-27-28-29-30-31-32-33-34-35-36-37-38-39-40-41-42-43-45-47-49-51-55(59)56-53(52-57)54(58)50-48-46-44-10-8-6-4-2/h53-54,57-58H,3-52H2,1-2H3,(H,56,59). The van der Waals surface area contributed by atoms with E-state index in [0.29, 0.717) is 12.8 Å². The highest BCUT2D eigenvalue weighted by molar-refractivity contribution is 5.76. The Labute approximate surface area is 372 Å². The van der Waals surface area contributed by atoms with E-state index in [2.05, 4.69) is 19.2 Å². The molecule has 4 heteroatoms. The Hall–Kier alpha value is -0.610. The molecule has 3 N–H and O–H groups in total. The highest BCUT2D eigenvalue weighted by Crippen LogP contribution is 2.18. The molecule has 0 aliphatic rings. The van der Waals surface area contributed by atoms with Crippen LogP contribution in [0.2, 0.25) is 0 Å². The predicted octanol–water partition coefficient (Wildman–Crippen LogP) is 18.0. The molecule has 1 amide bonds. The first kappa shape index (κ1) is 58.4. The minimum Gasteiger partial charge on any atom is -0.394 e. The summed E-state index contributed by atoms with van der Waals surface area (Å²) in [6.45, 7) is 4.35. The molecule has 0 aliphatic carbocycles. The highest BCUT2D eigenvalue weighted by atomic mass is 16.3. The van der Waals surface area contributed by atoms with Crippen LogP contribution in [0.25, 0.3) is 0 Å². The molecule has 354 valence electrons. The van der Waals surface area contributed by atoms with E-state index in [1.54, 1.807) is 0 Å². The number of nitrogens with one attached hydrogen (secondary N) is 1. The minimum absolute atomic E-state index is 0.0284. The van der Waals surface area contributed by atoms with Crippen molar-refractivity contribution < 1.29 is 15.0 Å². The Bertz CT molecular complexity index is 773. The molecule has 0 aromatic rings. The lowest BCUT2D eigenvalue weighted by molar-refractivity contribution is -0.123. The average molecular weight is 834 g/mol. The maximum atomic E-state index is 12.4. The Morgan fingerprint density at radius 1 is 0.339 bits per heavy atom. The number of aliphatic hydroxyl groups excluding tert-OH is 2. The van der Waals surface area contributed by atoms with Crippen LogP contribution < -0.4 is 5.32 Å². The fraction of sp³-hybridized carbons (Fsp3) is 0.982. The summed E-state index contributed by atoms with van der Waals surface area (Å²) >= 11 is 0. The zero-order chi connectivity index (χ0) is 42.8. The molecule has 0 saturated carbocycles. The van der Waals surface area contributed by atoms with Gasteiger partial charge in [0.05, 0.1) is 18.8 Å². The van der Waals surface area contributed by atoms with Gasteiger partial charge in [-0.15, -0.1) is 0 Å². The van der Waals surface area contributed by atoms with Crippen LogP contribution in [0.5, 0.6) is 0 Å². The monoisotopic (exact) mass is 834 g/mol. The van der Waals surface area contributed by atoms with Gasteiger partial charge in [-0.1, -0.05) is 309 Å². The SMILES string of the molecule is CCCCCCCCCCCCCCCCCCCCCCCCCCCCCCCCCCCCCCCCCCC(=O)NC(CO)C(O)CCCCCCCCC. The van der Waals surface area contributed by atoms with Gasteiger partial charge in [-0.2, -0.15) is 0 Å². The van der Waals surface area contributed by atoms with Gasteiger partial charge in [0, 0.05) is 6.42 Å². The Morgan fingerprint density at radius 2 is 0.542 bits per heavy atom. The zero-order valence-corrected chi connectivity index (χ0v) is 40.8. The van der Waals surface area contributed by atoms with E-state index in [1.807, 2.05) is 0 Å². The largest absolute Gasteiger partial charge is 0.394 e. The molecular formula is C55H111NO3. The lowest BCUT2D eigenvalue weighted by Crippen LogP contribution is -2.45. The van der Waals surface area contributed by atoms with Crippen LogP contribution in [0.1, 0.15) is 328 Å². The molecule has 0 radical (unpaired) electrons. The van der Waals surface area contributed by atoms with E-state index in [-0.39, 0.29) is 12.5 Å². The summed E-state index contributed by atoms with van der Waals surface area (Å²) in [4.78, 5) is 12.4. The van der Waals surface area contributed by atoms with Gasteiger partial charge in [-0.3, -0.25) is 4.79 Å². The summed E-state index contributed by atoms with van der Waals surface area (Å²) in [5.74, 6) is -0.0284. The first-order chi connectivity index (χ1) is 29.2. The molecule has 0 fully saturated rings. The molecule has 0 saturated heterocycles. The van der Waals surface area contributed by atoms with Crippen molar-refractivity contribution in [3.63, 3.8) is 0 Å². The molecule has 2 atom stereocenters. The van der Waals surface area contributed by atoms with E-state index >= 15 is 0 Å². The summed E-state index contributed by atoms with van der Waals surface area (Å²) in [6, 6.07) is -0.528. The third-order valence-corrected chi connectivity index (χ3v) is 13.4. The molecule has 2 unspecified atom stereocenters. The van der Waals surface area contributed by atoms with Crippen LogP contribution in [0.4, 0.5) is 0 Å².